The van der Waals surface area contributed by atoms with E-state index in [4.69, 9.17) is 30.7 Å². The highest BCUT2D eigenvalue weighted by atomic mass is 16.6. The quantitative estimate of drug-likeness (QED) is 0.0728. The van der Waals surface area contributed by atoms with Crippen molar-refractivity contribution in [2.24, 2.45) is 11.7 Å². The minimum atomic E-state index is -0.990. The number of amides is 5. The van der Waals surface area contributed by atoms with Crippen LogP contribution in [-0.2, 0) is 48.4 Å². The molecule has 0 bridgehead atoms. The lowest BCUT2D eigenvalue weighted by atomic mass is 10.0. The van der Waals surface area contributed by atoms with Gasteiger partial charge >= 0.3 is 12.2 Å². The maximum atomic E-state index is 13.3. The summed E-state index contributed by atoms with van der Waals surface area (Å²) in [7, 11) is 3.16. The van der Waals surface area contributed by atoms with Crippen molar-refractivity contribution in [3.05, 3.63) is 59.9 Å². The van der Waals surface area contributed by atoms with Crippen LogP contribution in [0.4, 0.5) is 21.1 Å². The van der Waals surface area contributed by atoms with Gasteiger partial charge in [-0.25, -0.2) is 19.6 Å². The minimum absolute atomic E-state index is 0.0355. The molecule has 0 unspecified atom stereocenters. The third kappa shape index (κ3) is 13.5. The van der Waals surface area contributed by atoms with Gasteiger partial charge in [0.25, 0.3) is 0 Å². The van der Waals surface area contributed by atoms with Crippen molar-refractivity contribution >= 4 is 63.3 Å². The molecule has 7 N–H and O–H groups in total. The smallest absolute Gasteiger partial charge is 0.410 e. The van der Waals surface area contributed by atoms with E-state index >= 15 is 0 Å². The van der Waals surface area contributed by atoms with E-state index in [9.17, 15) is 24.0 Å². The van der Waals surface area contributed by atoms with Crippen LogP contribution in [0.3, 0.4) is 0 Å². The summed E-state index contributed by atoms with van der Waals surface area (Å²) in [4.78, 5) is 76.2. The number of nitrogens with zero attached hydrogens (tertiary/aromatic N) is 5. The Morgan fingerprint density at radius 1 is 0.885 bits per heavy atom. The number of benzene rings is 2. The molecule has 0 saturated carbocycles. The lowest BCUT2D eigenvalue weighted by molar-refractivity contribution is -0.131. The highest BCUT2D eigenvalue weighted by Crippen LogP contribution is 2.31. The van der Waals surface area contributed by atoms with E-state index in [1.54, 1.807) is 38.4 Å². The molecule has 0 fully saturated rings. The van der Waals surface area contributed by atoms with E-state index in [1.807, 2.05) is 63.5 Å². The Kier molecular flexibility index (Phi) is 17.2. The van der Waals surface area contributed by atoms with Crippen LogP contribution in [0.2, 0.25) is 0 Å². The van der Waals surface area contributed by atoms with Gasteiger partial charge in [0.05, 0.1) is 17.6 Å². The van der Waals surface area contributed by atoms with E-state index < -0.39 is 41.7 Å². The third-order valence-electron chi connectivity index (χ3n) is 9.89. The van der Waals surface area contributed by atoms with E-state index in [1.165, 1.54) is 16.7 Å². The Hall–Kier alpha value is -6.01. The second-order valence-corrected chi connectivity index (χ2v) is 15.9. The SMILES string of the molecule is CCOCc1nc2c(N)nc3ccccc3c2n1CC(C)(C)OC(=O)N(C)CCN(C)C(=O)OCc1ccc(NC(=O)[C@H](CCCCN)NC(=O)[C@@H](NC(C)=O)C(C)C)cc1. The van der Waals surface area contributed by atoms with Crippen LogP contribution in [0.5, 0.6) is 0 Å². The van der Waals surface area contributed by atoms with Crippen molar-refractivity contribution < 1.29 is 38.2 Å². The second-order valence-electron chi connectivity index (χ2n) is 15.9. The van der Waals surface area contributed by atoms with Gasteiger partial charge in [0.1, 0.15) is 42.2 Å². The average molecular weight is 847 g/mol. The van der Waals surface area contributed by atoms with Crippen LogP contribution >= 0.6 is 0 Å². The first kappa shape index (κ1) is 47.7. The normalized spacial score (nSPS) is 12.5. The Balaban J connectivity index is 1.29. The van der Waals surface area contributed by atoms with Crippen molar-refractivity contribution in [2.45, 2.75) is 98.2 Å². The summed E-state index contributed by atoms with van der Waals surface area (Å²) in [6.07, 6.45) is 0.493. The number of nitrogen functional groups attached to an aromatic ring is 1. The van der Waals surface area contributed by atoms with Crippen molar-refractivity contribution in [1.82, 2.24) is 35.0 Å². The molecule has 0 saturated heterocycles. The molecular weight excluding hydrogens is 785 g/mol. The molecule has 2 heterocycles. The zero-order chi connectivity index (χ0) is 44.9. The third-order valence-corrected chi connectivity index (χ3v) is 9.89. The number of pyridine rings is 1. The highest BCUT2D eigenvalue weighted by Gasteiger charge is 2.30. The van der Waals surface area contributed by atoms with Crippen LogP contribution in [0.15, 0.2) is 48.5 Å². The van der Waals surface area contributed by atoms with Crippen LogP contribution in [0.1, 0.15) is 72.2 Å². The van der Waals surface area contributed by atoms with Crippen LogP contribution in [0.25, 0.3) is 21.9 Å². The first-order valence-corrected chi connectivity index (χ1v) is 20.5. The first-order valence-electron chi connectivity index (χ1n) is 20.5. The number of fused-ring (bicyclic) bond motifs is 3. The van der Waals surface area contributed by atoms with E-state index in [-0.39, 0.29) is 44.7 Å². The predicted octanol–water partition coefficient (Wildman–Crippen LogP) is 4.53. The van der Waals surface area contributed by atoms with Gasteiger partial charge in [0.15, 0.2) is 5.82 Å². The molecule has 2 atom stereocenters. The highest BCUT2D eigenvalue weighted by molar-refractivity contribution is 6.06. The Labute approximate surface area is 357 Å². The minimum Gasteiger partial charge on any atom is -0.445 e. The molecule has 0 radical (unpaired) electrons. The van der Waals surface area contributed by atoms with Gasteiger partial charge in [-0.2, -0.15) is 0 Å². The maximum absolute atomic E-state index is 13.3. The number of anilines is 2. The number of aromatic nitrogens is 3. The fraction of sp³-hybridized carbons (Fsp3) is 0.512. The van der Waals surface area contributed by atoms with Crippen molar-refractivity contribution in [3.8, 4) is 0 Å². The summed E-state index contributed by atoms with van der Waals surface area (Å²) in [5.74, 6) is -0.466. The zero-order valence-corrected chi connectivity index (χ0v) is 36.6. The van der Waals surface area contributed by atoms with E-state index in [0.717, 1.165) is 16.4 Å². The van der Waals surface area contributed by atoms with Crippen LogP contribution in [0, 0.1) is 5.92 Å². The second kappa shape index (κ2) is 22.0. The summed E-state index contributed by atoms with van der Waals surface area (Å²) in [5, 5.41) is 9.13. The summed E-state index contributed by atoms with van der Waals surface area (Å²) in [6.45, 7) is 12.2. The molecule has 18 heteroatoms. The van der Waals surface area contributed by atoms with Gasteiger partial charge < -0.3 is 56.0 Å². The van der Waals surface area contributed by atoms with Gasteiger partial charge in [0, 0.05) is 51.8 Å². The van der Waals surface area contributed by atoms with Gasteiger partial charge in [0.2, 0.25) is 17.7 Å². The number of carbonyl (C=O) groups is 5. The number of ether oxygens (including phenoxy) is 3. The number of imidazole rings is 1. The molecule has 18 nitrogen and oxygen atoms in total. The Morgan fingerprint density at radius 3 is 2.20 bits per heavy atom. The number of hydrogen-bond donors (Lipinski definition) is 5. The van der Waals surface area contributed by atoms with Gasteiger partial charge in [-0.1, -0.05) is 44.2 Å². The van der Waals surface area contributed by atoms with Crippen LogP contribution < -0.4 is 27.4 Å². The molecule has 2 aromatic heterocycles. The monoisotopic (exact) mass is 846 g/mol. The molecule has 0 aliphatic rings. The van der Waals surface area contributed by atoms with Crippen LogP contribution in [-0.4, -0.2) is 112 Å². The number of nitrogens with two attached hydrogens (primary N) is 2. The summed E-state index contributed by atoms with van der Waals surface area (Å²) in [5.41, 5.74) is 14.2. The molecule has 5 amide bonds. The molecule has 4 rings (SSSR count). The topological polar surface area (TPSA) is 238 Å². The average Bonchev–Trinajstić information content (AvgIpc) is 3.57. The Bertz CT molecular complexity index is 2140. The summed E-state index contributed by atoms with van der Waals surface area (Å²) in [6, 6.07) is 12.8. The molecule has 0 aliphatic heterocycles. The molecule has 0 spiro atoms. The molecule has 332 valence electrons. The van der Waals surface area contributed by atoms with Gasteiger partial charge in [-0.3, -0.25) is 14.4 Å². The number of nitrogens with one attached hydrogen (secondary N) is 3. The number of likely N-dealkylation sites (N-methyl/N-ethyl adjacent to an activating group) is 2. The fourth-order valence-electron chi connectivity index (χ4n) is 6.53. The number of para-hydroxylation sites is 1. The number of rotatable bonds is 21. The summed E-state index contributed by atoms with van der Waals surface area (Å²) < 4.78 is 19.2. The van der Waals surface area contributed by atoms with Crippen molar-refractivity contribution in [3.63, 3.8) is 0 Å². The molecule has 61 heavy (non-hydrogen) atoms. The summed E-state index contributed by atoms with van der Waals surface area (Å²) >= 11 is 0. The molecule has 4 aromatic rings. The Morgan fingerprint density at radius 2 is 1.56 bits per heavy atom. The fourth-order valence-corrected chi connectivity index (χ4v) is 6.53. The number of carbonyl (C=O) groups excluding carboxylic acids is 5. The van der Waals surface area contributed by atoms with Crippen molar-refractivity contribution in [2.75, 3.05) is 51.4 Å². The van der Waals surface area contributed by atoms with Gasteiger partial charge in [-0.05, 0) is 76.3 Å². The number of hydrogen-bond acceptors (Lipinski definition) is 12. The van der Waals surface area contributed by atoms with Gasteiger partial charge in [-0.15, -0.1) is 0 Å². The van der Waals surface area contributed by atoms with Crippen molar-refractivity contribution in [1.29, 1.82) is 0 Å². The standard InChI is InChI=1S/C43H62N10O8/c1-9-59-25-34-50-36-37(31-14-10-11-15-32(31)48-38(36)45)53(34)26-43(5,6)61-42(58)52(8)23-22-51(7)41(57)60-24-29-17-19-30(20-18-29)47-39(55)33(16-12-13-21-44)49-40(56)35(27(2)3)46-28(4)54/h10-11,14-15,17-20,27,33,35H,9,12-13,16,21-26,44H2,1-8H3,(H2,45,48)(H,46,54)(H,47,55)(H,49,56)/t33-,35-/m0/s1. The van der Waals surface area contributed by atoms with E-state index in [0.29, 0.717) is 60.8 Å². The molecule has 2 aromatic carbocycles. The predicted molar refractivity (Wildman–Crippen MR) is 233 cm³/mol. The largest absolute Gasteiger partial charge is 0.445 e. The molecular formula is C43H62N10O8. The zero-order valence-electron chi connectivity index (χ0n) is 36.6. The molecule has 0 aliphatic carbocycles. The lowest BCUT2D eigenvalue weighted by Crippen LogP contribution is -2.54. The lowest BCUT2D eigenvalue weighted by Gasteiger charge is -2.30. The number of unbranched alkanes of at least 4 members (excludes halogenated alkanes) is 1. The maximum Gasteiger partial charge on any atom is 0.410 e. The first-order chi connectivity index (χ1) is 28.9. The van der Waals surface area contributed by atoms with E-state index in [2.05, 4.69) is 20.9 Å².